The molecule has 0 saturated heterocycles. The molecule has 3 rings (SSSR count). The van der Waals surface area contributed by atoms with E-state index in [1.807, 2.05) is 20.8 Å². The maximum absolute atomic E-state index is 12.6. The lowest BCUT2D eigenvalue weighted by Gasteiger charge is -2.32. The summed E-state index contributed by atoms with van der Waals surface area (Å²) in [5.74, 6) is 1.18. The van der Waals surface area contributed by atoms with Gasteiger partial charge in [0.25, 0.3) is 0 Å². The summed E-state index contributed by atoms with van der Waals surface area (Å²) in [4.78, 5) is 26.1. The van der Waals surface area contributed by atoms with Crippen LogP contribution in [0.25, 0.3) is 0 Å². The largest absolute Gasteiger partial charge is 0.490 e. The Kier molecular flexibility index (Phi) is 7.79. The molecule has 2 aliphatic heterocycles. The lowest BCUT2D eigenvalue weighted by Crippen LogP contribution is -3.12. The summed E-state index contributed by atoms with van der Waals surface area (Å²) < 4.78 is 16.8. The summed E-state index contributed by atoms with van der Waals surface area (Å²) in [6.45, 7) is 11.3. The molecule has 3 N–H and O–H groups in total. The third-order valence-corrected chi connectivity index (χ3v) is 5.63. The SMILES string of the molecule is CCOC(=O)C1=C(C[NH+]2CCc3cc(OCC)c(OCC)cc3C2)NC(=O)N[C@@H]1CC. The molecule has 2 amide bonds. The molecule has 1 aromatic rings. The number of benzene rings is 1. The Bertz CT molecular complexity index is 852. The van der Waals surface area contributed by atoms with Gasteiger partial charge in [-0.1, -0.05) is 6.92 Å². The summed E-state index contributed by atoms with van der Waals surface area (Å²) >= 11 is 0. The quantitative estimate of drug-likeness (QED) is 0.513. The highest BCUT2D eigenvalue weighted by molar-refractivity contribution is 5.94. The molecule has 8 nitrogen and oxygen atoms in total. The molecule has 2 atom stereocenters. The van der Waals surface area contributed by atoms with E-state index < -0.39 is 0 Å². The lowest BCUT2D eigenvalue weighted by atomic mass is 9.97. The lowest BCUT2D eigenvalue weighted by molar-refractivity contribution is -0.911. The first-order valence-corrected chi connectivity index (χ1v) is 11.2. The minimum atomic E-state index is -0.367. The minimum Gasteiger partial charge on any atom is -0.490 e. The van der Waals surface area contributed by atoms with Crippen molar-refractivity contribution in [3.8, 4) is 11.5 Å². The second-order valence-electron chi connectivity index (χ2n) is 7.71. The zero-order valence-electron chi connectivity index (χ0n) is 18.9. The molecule has 0 radical (unpaired) electrons. The number of quaternary nitrogens is 1. The molecule has 1 unspecified atom stereocenters. The highest BCUT2D eigenvalue weighted by Crippen LogP contribution is 2.32. The molecule has 0 bridgehead atoms. The van der Waals surface area contributed by atoms with Crippen LogP contribution in [-0.2, 0) is 22.5 Å². The molecule has 31 heavy (non-hydrogen) atoms. The first-order valence-electron chi connectivity index (χ1n) is 11.2. The van der Waals surface area contributed by atoms with Crippen LogP contribution in [0.2, 0.25) is 0 Å². The molecule has 0 aliphatic carbocycles. The number of hydrogen-bond donors (Lipinski definition) is 3. The standard InChI is InChI=1S/C23H33N3O5/c1-5-17-21(22(27)31-8-4)18(25-23(28)24-17)14-26-10-9-15-11-19(29-6-2)20(30-7-3)12-16(15)13-26/h11-12,17H,5-10,13-14H2,1-4H3,(H2,24,25,28)/p+1/t17-/m1/s1. The van der Waals surface area contributed by atoms with Gasteiger partial charge in [0.1, 0.15) is 13.1 Å². The number of esters is 1. The van der Waals surface area contributed by atoms with E-state index in [0.29, 0.717) is 44.1 Å². The van der Waals surface area contributed by atoms with Gasteiger partial charge in [-0.05, 0) is 44.9 Å². The smallest absolute Gasteiger partial charge is 0.338 e. The van der Waals surface area contributed by atoms with Gasteiger partial charge >= 0.3 is 12.0 Å². The Balaban J connectivity index is 1.85. The van der Waals surface area contributed by atoms with Crippen molar-refractivity contribution in [1.29, 1.82) is 0 Å². The van der Waals surface area contributed by atoms with Crippen LogP contribution in [0.3, 0.4) is 0 Å². The van der Waals surface area contributed by atoms with Gasteiger partial charge in [0.2, 0.25) is 0 Å². The van der Waals surface area contributed by atoms with Crippen molar-refractivity contribution in [1.82, 2.24) is 10.6 Å². The number of carbonyl (C=O) groups is 2. The first-order chi connectivity index (χ1) is 15.0. The van der Waals surface area contributed by atoms with Crippen LogP contribution < -0.4 is 25.0 Å². The summed E-state index contributed by atoms with van der Waals surface area (Å²) in [7, 11) is 0. The average molecular weight is 433 g/mol. The fourth-order valence-corrected chi connectivity index (χ4v) is 4.25. The van der Waals surface area contributed by atoms with E-state index in [0.717, 1.165) is 31.0 Å². The average Bonchev–Trinajstić information content (AvgIpc) is 2.74. The molecule has 0 fully saturated rings. The van der Waals surface area contributed by atoms with E-state index in [9.17, 15) is 9.59 Å². The van der Waals surface area contributed by atoms with Crippen molar-refractivity contribution >= 4 is 12.0 Å². The number of nitrogens with one attached hydrogen (secondary N) is 3. The predicted octanol–water partition coefficient (Wildman–Crippen LogP) is 1.33. The van der Waals surface area contributed by atoms with Gasteiger partial charge in [-0.25, -0.2) is 9.59 Å². The molecule has 2 heterocycles. The first kappa shape index (κ1) is 22.9. The molecular formula is C23H34N3O5+. The van der Waals surface area contributed by atoms with Gasteiger partial charge < -0.3 is 29.7 Å². The number of carbonyl (C=O) groups excluding carboxylic acids is 2. The maximum atomic E-state index is 12.6. The number of hydrogen-bond acceptors (Lipinski definition) is 5. The molecule has 1 aromatic carbocycles. The second kappa shape index (κ2) is 10.5. The summed E-state index contributed by atoms with van der Waals surface area (Å²) in [6.07, 6.45) is 1.52. The van der Waals surface area contributed by atoms with Gasteiger partial charge in [-0.3, -0.25) is 0 Å². The van der Waals surface area contributed by atoms with E-state index in [4.69, 9.17) is 14.2 Å². The number of urea groups is 1. The normalized spacial score (nSPS) is 20.5. The molecule has 0 saturated carbocycles. The highest BCUT2D eigenvalue weighted by Gasteiger charge is 2.34. The highest BCUT2D eigenvalue weighted by atomic mass is 16.5. The van der Waals surface area contributed by atoms with Crippen molar-refractivity contribution in [2.75, 3.05) is 32.9 Å². The van der Waals surface area contributed by atoms with Crippen LogP contribution in [0.15, 0.2) is 23.4 Å². The predicted molar refractivity (Wildman–Crippen MR) is 116 cm³/mol. The maximum Gasteiger partial charge on any atom is 0.338 e. The second-order valence-corrected chi connectivity index (χ2v) is 7.71. The summed E-state index contributed by atoms with van der Waals surface area (Å²) in [6, 6.07) is 3.55. The van der Waals surface area contributed by atoms with Crippen LogP contribution in [-0.4, -0.2) is 51.0 Å². The third kappa shape index (κ3) is 5.31. The number of ether oxygens (including phenoxy) is 3. The fourth-order valence-electron chi connectivity index (χ4n) is 4.25. The van der Waals surface area contributed by atoms with Gasteiger partial charge in [-0.15, -0.1) is 0 Å². The van der Waals surface area contributed by atoms with Crippen LogP contribution in [0, 0.1) is 0 Å². The number of rotatable bonds is 9. The van der Waals surface area contributed by atoms with E-state index in [2.05, 4.69) is 22.8 Å². The zero-order valence-corrected chi connectivity index (χ0v) is 18.9. The third-order valence-electron chi connectivity index (χ3n) is 5.63. The van der Waals surface area contributed by atoms with E-state index in [1.54, 1.807) is 6.92 Å². The Morgan fingerprint density at radius 2 is 1.74 bits per heavy atom. The molecule has 8 heteroatoms. The molecular weight excluding hydrogens is 398 g/mol. The zero-order chi connectivity index (χ0) is 22.4. The Morgan fingerprint density at radius 3 is 2.35 bits per heavy atom. The minimum absolute atomic E-state index is 0.272. The van der Waals surface area contributed by atoms with Crippen molar-refractivity contribution in [2.45, 2.75) is 53.1 Å². The molecule has 0 spiro atoms. The van der Waals surface area contributed by atoms with Gasteiger partial charge in [0, 0.05) is 12.0 Å². The molecule has 0 aromatic heterocycles. The van der Waals surface area contributed by atoms with Gasteiger partial charge in [-0.2, -0.15) is 0 Å². The van der Waals surface area contributed by atoms with Crippen molar-refractivity contribution in [3.63, 3.8) is 0 Å². The summed E-state index contributed by atoms with van der Waals surface area (Å²) in [5, 5.41) is 5.69. The van der Waals surface area contributed by atoms with E-state index in [-0.39, 0.29) is 18.0 Å². The van der Waals surface area contributed by atoms with Crippen molar-refractivity contribution in [2.24, 2.45) is 0 Å². The number of fused-ring (bicyclic) bond motifs is 1. The van der Waals surface area contributed by atoms with E-state index in [1.165, 1.54) is 16.0 Å². The molecule has 170 valence electrons. The Morgan fingerprint density at radius 1 is 1.06 bits per heavy atom. The van der Waals surface area contributed by atoms with Crippen molar-refractivity contribution in [3.05, 3.63) is 34.5 Å². The fraction of sp³-hybridized carbons (Fsp3) is 0.565. The van der Waals surface area contributed by atoms with Crippen LogP contribution in [0.4, 0.5) is 4.79 Å². The van der Waals surface area contributed by atoms with Crippen LogP contribution in [0.1, 0.15) is 45.2 Å². The topological polar surface area (TPSA) is 90.3 Å². The number of amides is 2. The summed E-state index contributed by atoms with van der Waals surface area (Å²) in [5.41, 5.74) is 3.65. The van der Waals surface area contributed by atoms with Gasteiger partial charge in [0.15, 0.2) is 11.5 Å². The van der Waals surface area contributed by atoms with Gasteiger partial charge in [0.05, 0.1) is 43.7 Å². The molecule has 2 aliphatic rings. The monoisotopic (exact) mass is 432 g/mol. The Hall–Kier alpha value is -2.74. The van der Waals surface area contributed by atoms with Crippen molar-refractivity contribution < 1.29 is 28.7 Å². The van der Waals surface area contributed by atoms with E-state index >= 15 is 0 Å². The Labute approximate surface area is 183 Å². The van der Waals surface area contributed by atoms with Crippen LogP contribution in [0.5, 0.6) is 11.5 Å². The van der Waals surface area contributed by atoms with Crippen LogP contribution >= 0.6 is 0 Å².